The van der Waals surface area contributed by atoms with Gasteiger partial charge >= 0.3 is 0 Å². The molecule has 4 nitrogen and oxygen atoms in total. The second kappa shape index (κ2) is 6.12. The van der Waals surface area contributed by atoms with Crippen molar-refractivity contribution in [1.82, 2.24) is 5.32 Å². The van der Waals surface area contributed by atoms with Gasteiger partial charge in [-0.05, 0) is 25.5 Å². The first-order valence-electron chi connectivity index (χ1n) is 5.22. The van der Waals surface area contributed by atoms with Crippen LogP contribution in [0.5, 0.6) is 5.75 Å². The van der Waals surface area contributed by atoms with Crippen LogP contribution in [0.4, 0.5) is 0 Å². The third kappa shape index (κ3) is 3.24. The molecule has 0 fully saturated rings. The number of amides is 1. The summed E-state index contributed by atoms with van der Waals surface area (Å²) in [4.78, 5) is 11.7. The number of hydrogen-bond acceptors (Lipinski definition) is 3. The third-order valence-corrected chi connectivity index (χ3v) is 2.36. The maximum absolute atomic E-state index is 11.7. The van der Waals surface area contributed by atoms with Gasteiger partial charge in [0.1, 0.15) is 5.75 Å². The minimum absolute atomic E-state index is 0.143. The lowest BCUT2D eigenvalue weighted by molar-refractivity contribution is 0.0947. The van der Waals surface area contributed by atoms with E-state index in [-0.39, 0.29) is 11.7 Å². The highest BCUT2D eigenvalue weighted by Crippen LogP contribution is 2.19. The van der Waals surface area contributed by atoms with E-state index in [9.17, 15) is 9.90 Å². The topological polar surface area (TPSA) is 58.6 Å². The van der Waals surface area contributed by atoms with E-state index >= 15 is 0 Å². The minimum atomic E-state index is -0.162. The SMILES string of the molecule is COCCCNC(=O)c1cccc(O)c1C. The summed E-state index contributed by atoms with van der Waals surface area (Å²) in [5.74, 6) is -0.0194. The molecule has 0 radical (unpaired) electrons. The molecule has 2 N–H and O–H groups in total. The quantitative estimate of drug-likeness (QED) is 0.743. The Morgan fingerprint density at radius 1 is 1.50 bits per heavy atom. The van der Waals surface area contributed by atoms with Crippen LogP contribution in [0.15, 0.2) is 18.2 Å². The number of carbonyl (C=O) groups excluding carboxylic acids is 1. The zero-order valence-electron chi connectivity index (χ0n) is 9.62. The van der Waals surface area contributed by atoms with Gasteiger partial charge in [0, 0.05) is 31.4 Å². The van der Waals surface area contributed by atoms with Gasteiger partial charge < -0.3 is 15.2 Å². The van der Waals surface area contributed by atoms with E-state index in [1.165, 1.54) is 0 Å². The molecule has 0 aromatic heterocycles. The number of aromatic hydroxyl groups is 1. The summed E-state index contributed by atoms with van der Waals surface area (Å²) in [5.41, 5.74) is 1.11. The second-order valence-electron chi connectivity index (χ2n) is 3.55. The van der Waals surface area contributed by atoms with E-state index < -0.39 is 0 Å². The maximum Gasteiger partial charge on any atom is 0.251 e. The zero-order valence-corrected chi connectivity index (χ0v) is 9.62. The van der Waals surface area contributed by atoms with E-state index in [0.29, 0.717) is 24.3 Å². The lowest BCUT2D eigenvalue weighted by Crippen LogP contribution is -2.25. The lowest BCUT2D eigenvalue weighted by Gasteiger charge is -2.08. The van der Waals surface area contributed by atoms with Crippen molar-refractivity contribution >= 4 is 5.91 Å². The molecule has 0 atom stereocenters. The monoisotopic (exact) mass is 223 g/mol. The largest absolute Gasteiger partial charge is 0.508 e. The molecule has 16 heavy (non-hydrogen) atoms. The van der Waals surface area contributed by atoms with Crippen LogP contribution in [0.3, 0.4) is 0 Å². The fourth-order valence-electron chi connectivity index (χ4n) is 1.38. The molecule has 1 aromatic carbocycles. The number of carbonyl (C=O) groups is 1. The van der Waals surface area contributed by atoms with Crippen molar-refractivity contribution < 1.29 is 14.6 Å². The molecule has 0 aliphatic rings. The van der Waals surface area contributed by atoms with Gasteiger partial charge in [-0.3, -0.25) is 4.79 Å². The Bertz CT molecular complexity index is 363. The average molecular weight is 223 g/mol. The van der Waals surface area contributed by atoms with Crippen molar-refractivity contribution in [2.45, 2.75) is 13.3 Å². The molecule has 1 aromatic rings. The van der Waals surface area contributed by atoms with E-state index in [2.05, 4.69) is 5.32 Å². The predicted octanol–water partition coefficient (Wildman–Crippen LogP) is 1.47. The number of phenolic OH excluding ortho intramolecular Hbond substituents is 1. The van der Waals surface area contributed by atoms with Crippen LogP contribution in [-0.4, -0.2) is 31.3 Å². The molecule has 0 aliphatic heterocycles. The van der Waals surface area contributed by atoms with Crippen molar-refractivity contribution in [2.75, 3.05) is 20.3 Å². The first-order chi connectivity index (χ1) is 7.66. The smallest absolute Gasteiger partial charge is 0.251 e. The molecule has 0 aliphatic carbocycles. The van der Waals surface area contributed by atoms with Gasteiger partial charge in [-0.2, -0.15) is 0 Å². The normalized spacial score (nSPS) is 10.1. The summed E-state index contributed by atoms with van der Waals surface area (Å²) in [6.45, 7) is 2.92. The summed E-state index contributed by atoms with van der Waals surface area (Å²) in [6, 6.07) is 4.92. The Hall–Kier alpha value is -1.55. The Morgan fingerprint density at radius 3 is 2.94 bits per heavy atom. The Labute approximate surface area is 95.2 Å². The van der Waals surface area contributed by atoms with Crippen LogP contribution in [0.25, 0.3) is 0 Å². The molecule has 1 amide bonds. The third-order valence-electron chi connectivity index (χ3n) is 2.36. The maximum atomic E-state index is 11.7. The van der Waals surface area contributed by atoms with E-state index in [0.717, 1.165) is 6.42 Å². The van der Waals surface area contributed by atoms with Gasteiger partial charge in [0.15, 0.2) is 0 Å². The van der Waals surface area contributed by atoms with Crippen LogP contribution in [0.1, 0.15) is 22.3 Å². The van der Waals surface area contributed by atoms with Gasteiger partial charge in [0.2, 0.25) is 0 Å². The number of hydrogen-bond donors (Lipinski definition) is 2. The summed E-state index contributed by atoms with van der Waals surface area (Å²) in [6.07, 6.45) is 0.778. The first-order valence-corrected chi connectivity index (χ1v) is 5.22. The lowest BCUT2D eigenvalue weighted by atomic mass is 10.1. The van der Waals surface area contributed by atoms with Crippen molar-refractivity contribution in [3.8, 4) is 5.75 Å². The van der Waals surface area contributed by atoms with Crippen LogP contribution in [0.2, 0.25) is 0 Å². The number of methoxy groups -OCH3 is 1. The fourth-order valence-corrected chi connectivity index (χ4v) is 1.38. The van der Waals surface area contributed by atoms with Gasteiger partial charge in [-0.1, -0.05) is 6.07 Å². The number of ether oxygens (including phenoxy) is 1. The Balaban J connectivity index is 2.56. The summed E-state index contributed by atoms with van der Waals surface area (Å²) in [5, 5.41) is 12.2. The van der Waals surface area contributed by atoms with Crippen LogP contribution in [-0.2, 0) is 4.74 Å². The number of nitrogens with one attached hydrogen (secondary N) is 1. The van der Waals surface area contributed by atoms with Crippen molar-refractivity contribution in [3.05, 3.63) is 29.3 Å². The highest BCUT2D eigenvalue weighted by atomic mass is 16.5. The first kappa shape index (κ1) is 12.5. The molecule has 0 spiro atoms. The fraction of sp³-hybridized carbons (Fsp3) is 0.417. The summed E-state index contributed by atoms with van der Waals surface area (Å²) in [7, 11) is 1.63. The molecule has 88 valence electrons. The zero-order chi connectivity index (χ0) is 12.0. The molecular formula is C12H17NO3. The molecule has 0 saturated carbocycles. The van der Waals surface area contributed by atoms with E-state index in [4.69, 9.17) is 4.74 Å². The van der Waals surface area contributed by atoms with Gasteiger partial charge in [0.25, 0.3) is 5.91 Å². The number of benzene rings is 1. The van der Waals surface area contributed by atoms with Gasteiger partial charge in [-0.15, -0.1) is 0 Å². The minimum Gasteiger partial charge on any atom is -0.508 e. The van der Waals surface area contributed by atoms with Crippen LogP contribution >= 0.6 is 0 Å². The standard InChI is InChI=1S/C12H17NO3/c1-9-10(5-3-6-11(9)14)12(15)13-7-4-8-16-2/h3,5-6,14H,4,7-8H2,1-2H3,(H,13,15). The van der Waals surface area contributed by atoms with E-state index in [1.807, 2.05) is 0 Å². The van der Waals surface area contributed by atoms with Gasteiger partial charge in [0.05, 0.1) is 0 Å². The molecule has 1 rings (SSSR count). The predicted molar refractivity (Wildman–Crippen MR) is 61.7 cm³/mol. The molecule has 0 saturated heterocycles. The highest BCUT2D eigenvalue weighted by Gasteiger charge is 2.10. The highest BCUT2D eigenvalue weighted by molar-refractivity contribution is 5.96. The van der Waals surface area contributed by atoms with Crippen molar-refractivity contribution in [3.63, 3.8) is 0 Å². The van der Waals surface area contributed by atoms with E-state index in [1.54, 1.807) is 32.2 Å². The molecular weight excluding hydrogens is 206 g/mol. The number of rotatable bonds is 5. The molecule has 4 heteroatoms. The molecule has 0 bridgehead atoms. The van der Waals surface area contributed by atoms with Gasteiger partial charge in [-0.25, -0.2) is 0 Å². The second-order valence-corrected chi connectivity index (χ2v) is 3.55. The van der Waals surface area contributed by atoms with Crippen molar-refractivity contribution in [1.29, 1.82) is 0 Å². The van der Waals surface area contributed by atoms with Crippen molar-refractivity contribution in [2.24, 2.45) is 0 Å². The summed E-state index contributed by atoms with van der Waals surface area (Å²) >= 11 is 0. The van der Waals surface area contributed by atoms with Crippen LogP contribution in [0, 0.1) is 6.92 Å². The number of phenols is 1. The van der Waals surface area contributed by atoms with Crippen LogP contribution < -0.4 is 5.32 Å². The Morgan fingerprint density at radius 2 is 2.25 bits per heavy atom. The molecule has 0 unspecified atom stereocenters. The average Bonchev–Trinajstić information content (AvgIpc) is 2.28. The molecule has 0 heterocycles. The Kier molecular flexibility index (Phi) is 4.79. The summed E-state index contributed by atoms with van der Waals surface area (Å²) < 4.78 is 4.88.